The zero-order chi connectivity index (χ0) is 6.91. The molecular formula is C6H12FNO. The average molecular weight is 133 g/mol. The minimum atomic E-state index is -1.42. The molecule has 3 heteroatoms. The molecule has 1 heterocycles. The Hall–Kier alpha value is -0.150. The Bertz CT molecular complexity index is 105. The summed E-state index contributed by atoms with van der Waals surface area (Å²) in [6, 6.07) is 0. The quantitative estimate of drug-likeness (QED) is 0.490. The Morgan fingerprint density at radius 3 is 2.78 bits per heavy atom. The van der Waals surface area contributed by atoms with Crippen LogP contribution in [0.1, 0.15) is 13.3 Å². The second-order valence-electron chi connectivity index (χ2n) is 2.76. The third kappa shape index (κ3) is 1.40. The highest BCUT2D eigenvalue weighted by Gasteiger charge is 2.34. The van der Waals surface area contributed by atoms with Crippen LogP contribution in [-0.2, 0) is 0 Å². The van der Waals surface area contributed by atoms with Crippen molar-refractivity contribution in [3.63, 3.8) is 0 Å². The molecule has 0 aromatic rings. The number of aliphatic hydroxyl groups excluding tert-OH is 1. The fourth-order valence-electron chi connectivity index (χ4n) is 0.990. The molecule has 0 aromatic heterocycles. The summed E-state index contributed by atoms with van der Waals surface area (Å²) >= 11 is 0. The lowest BCUT2D eigenvalue weighted by atomic mass is 9.95. The number of piperidine rings is 1. The first-order valence-corrected chi connectivity index (χ1v) is 3.20. The Morgan fingerprint density at radius 2 is 2.44 bits per heavy atom. The molecule has 0 spiro atoms. The maximum atomic E-state index is 13.0. The van der Waals surface area contributed by atoms with Crippen LogP contribution in [0.4, 0.5) is 4.39 Å². The fraction of sp³-hybridized carbons (Fsp3) is 1.00. The van der Waals surface area contributed by atoms with Crippen molar-refractivity contribution < 1.29 is 9.50 Å². The summed E-state index contributed by atoms with van der Waals surface area (Å²) in [5, 5.41) is 11.9. The number of halogens is 1. The number of alkyl halides is 1. The molecule has 1 aliphatic heterocycles. The normalized spacial score (nSPS) is 45.0. The van der Waals surface area contributed by atoms with Crippen molar-refractivity contribution in [2.75, 3.05) is 13.1 Å². The highest BCUT2D eigenvalue weighted by atomic mass is 19.1. The van der Waals surface area contributed by atoms with E-state index in [1.807, 2.05) is 0 Å². The van der Waals surface area contributed by atoms with Crippen LogP contribution in [0.5, 0.6) is 0 Å². The largest absolute Gasteiger partial charge is 0.390 e. The first-order chi connectivity index (χ1) is 4.13. The molecule has 2 N–H and O–H groups in total. The van der Waals surface area contributed by atoms with Gasteiger partial charge in [0.2, 0.25) is 0 Å². The van der Waals surface area contributed by atoms with Gasteiger partial charge >= 0.3 is 0 Å². The van der Waals surface area contributed by atoms with Gasteiger partial charge in [-0.3, -0.25) is 0 Å². The summed E-state index contributed by atoms with van der Waals surface area (Å²) in [6.45, 7) is 2.42. The summed E-state index contributed by atoms with van der Waals surface area (Å²) < 4.78 is 13.0. The standard InChI is InChI=1S/C6H12FNO/c1-6(7)4-8-3-2-5(6)9/h5,8-9H,2-4H2,1H3/t5-,6-/m0/s1. The maximum Gasteiger partial charge on any atom is 0.146 e. The molecule has 0 saturated carbocycles. The van der Waals surface area contributed by atoms with Crippen molar-refractivity contribution in [3.8, 4) is 0 Å². The third-order valence-corrected chi connectivity index (χ3v) is 1.76. The van der Waals surface area contributed by atoms with Crippen molar-refractivity contribution in [3.05, 3.63) is 0 Å². The van der Waals surface area contributed by atoms with Gasteiger partial charge in [-0.2, -0.15) is 0 Å². The first kappa shape index (κ1) is 6.96. The molecule has 0 amide bonds. The summed E-state index contributed by atoms with van der Waals surface area (Å²) in [7, 11) is 0. The molecule has 1 saturated heterocycles. The van der Waals surface area contributed by atoms with Crippen LogP contribution < -0.4 is 5.32 Å². The van der Waals surface area contributed by atoms with Crippen molar-refractivity contribution in [2.45, 2.75) is 25.1 Å². The molecule has 1 rings (SSSR count). The smallest absolute Gasteiger partial charge is 0.146 e. The van der Waals surface area contributed by atoms with Gasteiger partial charge in [-0.1, -0.05) is 0 Å². The lowest BCUT2D eigenvalue weighted by molar-refractivity contribution is -0.0166. The highest BCUT2D eigenvalue weighted by molar-refractivity contribution is 4.88. The van der Waals surface area contributed by atoms with E-state index in [-0.39, 0.29) is 6.54 Å². The van der Waals surface area contributed by atoms with Crippen molar-refractivity contribution in [1.82, 2.24) is 5.32 Å². The highest BCUT2D eigenvalue weighted by Crippen LogP contribution is 2.19. The molecule has 0 radical (unpaired) electrons. The number of aliphatic hydroxyl groups is 1. The van der Waals surface area contributed by atoms with Crippen LogP contribution >= 0.6 is 0 Å². The van der Waals surface area contributed by atoms with Gasteiger partial charge in [0, 0.05) is 6.54 Å². The van der Waals surface area contributed by atoms with E-state index >= 15 is 0 Å². The second kappa shape index (κ2) is 2.23. The molecule has 0 unspecified atom stereocenters. The van der Waals surface area contributed by atoms with E-state index in [4.69, 9.17) is 5.11 Å². The molecule has 0 bridgehead atoms. The van der Waals surface area contributed by atoms with Crippen LogP contribution in [0.15, 0.2) is 0 Å². The Morgan fingerprint density at radius 1 is 1.78 bits per heavy atom. The molecule has 0 aromatic carbocycles. The minimum absolute atomic E-state index is 0.272. The predicted octanol–water partition coefficient (Wildman–Crippen LogP) is 0.0688. The number of hydrogen-bond donors (Lipinski definition) is 2. The van der Waals surface area contributed by atoms with Gasteiger partial charge < -0.3 is 10.4 Å². The van der Waals surface area contributed by atoms with Crippen molar-refractivity contribution in [1.29, 1.82) is 0 Å². The Kier molecular flexibility index (Phi) is 1.73. The molecule has 1 fully saturated rings. The second-order valence-corrected chi connectivity index (χ2v) is 2.76. The molecule has 2 atom stereocenters. The van der Waals surface area contributed by atoms with Crippen molar-refractivity contribution >= 4 is 0 Å². The topological polar surface area (TPSA) is 32.3 Å². The van der Waals surface area contributed by atoms with Crippen LogP contribution in [0, 0.1) is 0 Å². The molecular weight excluding hydrogens is 121 g/mol. The van der Waals surface area contributed by atoms with Crippen LogP contribution in [0.2, 0.25) is 0 Å². The van der Waals surface area contributed by atoms with Crippen LogP contribution in [-0.4, -0.2) is 30.0 Å². The van der Waals surface area contributed by atoms with Gasteiger partial charge in [0.15, 0.2) is 0 Å². The lowest BCUT2D eigenvalue weighted by Gasteiger charge is -2.31. The average Bonchev–Trinajstić information content (AvgIpc) is 1.77. The Balaban J connectivity index is 2.49. The zero-order valence-electron chi connectivity index (χ0n) is 5.52. The SMILES string of the molecule is C[C@]1(F)CNCC[C@@H]1O. The van der Waals surface area contributed by atoms with Gasteiger partial charge in [0.1, 0.15) is 5.67 Å². The first-order valence-electron chi connectivity index (χ1n) is 3.20. The summed E-state index contributed by atoms with van der Waals surface area (Å²) in [6.07, 6.45) is -0.258. The monoisotopic (exact) mass is 133 g/mol. The van der Waals surface area contributed by atoms with Gasteiger partial charge in [0.25, 0.3) is 0 Å². The maximum absolute atomic E-state index is 13.0. The third-order valence-electron chi connectivity index (χ3n) is 1.76. The fourth-order valence-corrected chi connectivity index (χ4v) is 0.990. The number of hydrogen-bond acceptors (Lipinski definition) is 2. The van der Waals surface area contributed by atoms with E-state index < -0.39 is 11.8 Å². The van der Waals surface area contributed by atoms with Gasteiger partial charge in [-0.15, -0.1) is 0 Å². The molecule has 2 nitrogen and oxygen atoms in total. The molecule has 54 valence electrons. The number of rotatable bonds is 0. The van der Waals surface area contributed by atoms with E-state index in [1.54, 1.807) is 0 Å². The lowest BCUT2D eigenvalue weighted by Crippen LogP contribution is -2.50. The van der Waals surface area contributed by atoms with Crippen LogP contribution in [0.25, 0.3) is 0 Å². The van der Waals surface area contributed by atoms with E-state index in [0.717, 1.165) is 6.54 Å². The van der Waals surface area contributed by atoms with Gasteiger partial charge in [-0.25, -0.2) is 4.39 Å². The Labute approximate surface area is 54.1 Å². The number of nitrogens with one attached hydrogen (secondary N) is 1. The van der Waals surface area contributed by atoms with Gasteiger partial charge in [-0.05, 0) is 19.9 Å². The zero-order valence-corrected chi connectivity index (χ0v) is 5.52. The summed E-state index contributed by atoms with van der Waals surface area (Å²) in [5.74, 6) is 0. The molecule has 1 aliphatic rings. The van der Waals surface area contributed by atoms with E-state index in [9.17, 15) is 4.39 Å². The summed E-state index contributed by atoms with van der Waals surface area (Å²) in [5.41, 5.74) is -1.42. The van der Waals surface area contributed by atoms with Gasteiger partial charge in [0.05, 0.1) is 6.10 Å². The van der Waals surface area contributed by atoms with E-state index in [2.05, 4.69) is 5.32 Å². The van der Waals surface area contributed by atoms with E-state index in [0.29, 0.717) is 6.42 Å². The van der Waals surface area contributed by atoms with Crippen molar-refractivity contribution in [2.24, 2.45) is 0 Å². The summed E-state index contributed by atoms with van der Waals surface area (Å²) in [4.78, 5) is 0. The van der Waals surface area contributed by atoms with Crippen LogP contribution in [0.3, 0.4) is 0 Å². The molecule has 9 heavy (non-hydrogen) atoms. The minimum Gasteiger partial charge on any atom is -0.390 e. The van der Waals surface area contributed by atoms with E-state index in [1.165, 1.54) is 6.92 Å². The molecule has 0 aliphatic carbocycles. The predicted molar refractivity (Wildman–Crippen MR) is 33.0 cm³/mol.